The lowest BCUT2D eigenvalue weighted by molar-refractivity contribution is -0.135. The van der Waals surface area contributed by atoms with E-state index in [1.165, 1.54) is 12.8 Å². The highest BCUT2D eigenvalue weighted by molar-refractivity contribution is 5.76. The van der Waals surface area contributed by atoms with Gasteiger partial charge in [0.05, 0.1) is 5.60 Å². The van der Waals surface area contributed by atoms with Crippen molar-refractivity contribution in [3.63, 3.8) is 0 Å². The van der Waals surface area contributed by atoms with Gasteiger partial charge in [0.2, 0.25) is 5.91 Å². The van der Waals surface area contributed by atoms with Crippen LogP contribution in [0.2, 0.25) is 0 Å². The molecule has 0 bridgehead atoms. The number of carbonyl (C=O) groups excluding carboxylic acids is 1. The molecule has 0 aromatic rings. The third-order valence-corrected chi connectivity index (χ3v) is 3.44. The van der Waals surface area contributed by atoms with E-state index in [4.69, 9.17) is 0 Å². The van der Waals surface area contributed by atoms with Crippen LogP contribution in [0, 0.1) is 0 Å². The van der Waals surface area contributed by atoms with Crippen molar-refractivity contribution >= 4 is 5.91 Å². The maximum absolute atomic E-state index is 11.8. The monoisotopic (exact) mass is 227 g/mol. The van der Waals surface area contributed by atoms with E-state index in [1.54, 1.807) is 0 Å². The fourth-order valence-electron chi connectivity index (χ4n) is 2.10. The number of amides is 1. The Bertz CT molecular complexity index is 216. The molecule has 94 valence electrons. The predicted octanol–water partition coefficient (Wildman–Crippen LogP) is 2.33. The van der Waals surface area contributed by atoms with Gasteiger partial charge in [-0.25, -0.2) is 0 Å². The number of hydrogen-bond donors (Lipinski definition) is 1. The van der Waals surface area contributed by atoms with Gasteiger partial charge in [-0.1, -0.05) is 26.2 Å². The molecule has 3 heteroatoms. The van der Waals surface area contributed by atoms with Crippen molar-refractivity contribution in [3.05, 3.63) is 0 Å². The Morgan fingerprint density at radius 1 is 1.25 bits per heavy atom. The Balaban J connectivity index is 2.18. The van der Waals surface area contributed by atoms with E-state index < -0.39 is 5.60 Å². The van der Waals surface area contributed by atoms with E-state index in [-0.39, 0.29) is 5.91 Å². The zero-order chi connectivity index (χ0) is 12.0. The topological polar surface area (TPSA) is 40.5 Å². The Kier molecular flexibility index (Phi) is 5.26. The van der Waals surface area contributed by atoms with Crippen molar-refractivity contribution in [1.29, 1.82) is 0 Å². The molecule has 0 saturated carbocycles. The number of rotatable bonds is 5. The number of likely N-dealkylation sites (tertiary alicyclic amines) is 1. The summed E-state index contributed by atoms with van der Waals surface area (Å²) in [7, 11) is 0. The highest BCUT2D eigenvalue weighted by Crippen LogP contribution is 2.21. The molecule has 16 heavy (non-hydrogen) atoms. The molecular formula is C13H25NO2. The van der Waals surface area contributed by atoms with E-state index >= 15 is 0 Å². The predicted molar refractivity (Wildman–Crippen MR) is 65.2 cm³/mol. The van der Waals surface area contributed by atoms with E-state index in [1.807, 2.05) is 11.8 Å². The zero-order valence-electron chi connectivity index (χ0n) is 10.7. The third-order valence-electron chi connectivity index (χ3n) is 3.44. The average Bonchev–Trinajstić information content (AvgIpc) is 2.24. The summed E-state index contributed by atoms with van der Waals surface area (Å²) >= 11 is 0. The maximum atomic E-state index is 11.8. The second-order valence-electron chi connectivity index (χ2n) is 5.19. The molecule has 1 fully saturated rings. The molecule has 1 aliphatic heterocycles. The number of carbonyl (C=O) groups is 1. The first-order valence-electron chi connectivity index (χ1n) is 6.55. The fraction of sp³-hybridized carbons (Fsp3) is 0.923. The van der Waals surface area contributed by atoms with Gasteiger partial charge in [-0.2, -0.15) is 0 Å². The molecule has 1 rings (SSSR count). The van der Waals surface area contributed by atoms with E-state index in [9.17, 15) is 9.90 Å². The third kappa shape index (κ3) is 4.52. The van der Waals surface area contributed by atoms with Crippen molar-refractivity contribution < 1.29 is 9.90 Å². The van der Waals surface area contributed by atoms with Gasteiger partial charge in [0, 0.05) is 19.5 Å². The quantitative estimate of drug-likeness (QED) is 0.732. The minimum atomic E-state index is -0.557. The summed E-state index contributed by atoms with van der Waals surface area (Å²) in [5.74, 6) is 0.270. The van der Waals surface area contributed by atoms with Crippen LogP contribution in [0.25, 0.3) is 0 Å². The van der Waals surface area contributed by atoms with Crippen LogP contribution < -0.4 is 0 Å². The Hall–Kier alpha value is -0.570. The van der Waals surface area contributed by atoms with Crippen LogP contribution in [0.3, 0.4) is 0 Å². The van der Waals surface area contributed by atoms with Crippen molar-refractivity contribution in [2.45, 2.75) is 64.4 Å². The molecule has 0 aromatic heterocycles. The zero-order valence-corrected chi connectivity index (χ0v) is 10.7. The minimum absolute atomic E-state index is 0.270. The lowest BCUT2D eigenvalue weighted by Gasteiger charge is -2.35. The van der Waals surface area contributed by atoms with Crippen molar-refractivity contribution in [1.82, 2.24) is 4.90 Å². The fourth-order valence-corrected chi connectivity index (χ4v) is 2.10. The van der Waals surface area contributed by atoms with Crippen molar-refractivity contribution in [3.8, 4) is 0 Å². The molecule has 0 atom stereocenters. The van der Waals surface area contributed by atoms with Gasteiger partial charge in [0.15, 0.2) is 0 Å². The van der Waals surface area contributed by atoms with Crippen LogP contribution in [0.1, 0.15) is 58.8 Å². The molecule has 0 spiro atoms. The van der Waals surface area contributed by atoms with E-state index in [0.717, 1.165) is 25.9 Å². The molecule has 0 radical (unpaired) electrons. The number of aliphatic hydroxyl groups is 1. The molecule has 1 N–H and O–H groups in total. The van der Waals surface area contributed by atoms with Crippen molar-refractivity contribution in [2.24, 2.45) is 0 Å². The highest BCUT2D eigenvalue weighted by atomic mass is 16.3. The molecule has 1 amide bonds. The number of nitrogens with zero attached hydrogens (tertiary/aromatic N) is 1. The Labute approximate surface area is 98.8 Å². The summed E-state index contributed by atoms with van der Waals surface area (Å²) in [5.41, 5.74) is -0.557. The second kappa shape index (κ2) is 6.24. The molecule has 1 aliphatic rings. The summed E-state index contributed by atoms with van der Waals surface area (Å²) in [5, 5.41) is 9.78. The van der Waals surface area contributed by atoms with Crippen LogP contribution in [0.5, 0.6) is 0 Å². The van der Waals surface area contributed by atoms with Crippen LogP contribution in [0.4, 0.5) is 0 Å². The normalized spacial score (nSPS) is 19.8. The van der Waals surface area contributed by atoms with Crippen LogP contribution in [-0.2, 0) is 4.79 Å². The molecule has 0 aromatic carbocycles. The maximum Gasteiger partial charge on any atom is 0.222 e. The lowest BCUT2D eigenvalue weighted by Crippen LogP contribution is -2.45. The molecule has 1 saturated heterocycles. The van der Waals surface area contributed by atoms with Gasteiger partial charge in [0.1, 0.15) is 0 Å². The van der Waals surface area contributed by atoms with Crippen LogP contribution in [-0.4, -0.2) is 34.6 Å². The van der Waals surface area contributed by atoms with Gasteiger partial charge >= 0.3 is 0 Å². The largest absolute Gasteiger partial charge is 0.390 e. The van der Waals surface area contributed by atoms with Gasteiger partial charge in [-0.15, -0.1) is 0 Å². The first kappa shape index (κ1) is 13.5. The molecular weight excluding hydrogens is 202 g/mol. The van der Waals surface area contributed by atoms with Crippen LogP contribution in [0.15, 0.2) is 0 Å². The average molecular weight is 227 g/mol. The standard InChI is InChI=1S/C13H25NO2/c1-3-4-5-6-7-12(15)14-10-8-13(2,16)9-11-14/h16H,3-11H2,1-2H3. The van der Waals surface area contributed by atoms with Gasteiger partial charge in [-0.3, -0.25) is 4.79 Å². The summed E-state index contributed by atoms with van der Waals surface area (Å²) in [6.07, 6.45) is 6.72. The van der Waals surface area contributed by atoms with Crippen LogP contribution >= 0.6 is 0 Å². The van der Waals surface area contributed by atoms with Gasteiger partial charge in [0.25, 0.3) is 0 Å². The minimum Gasteiger partial charge on any atom is -0.390 e. The second-order valence-corrected chi connectivity index (χ2v) is 5.19. The van der Waals surface area contributed by atoms with Crippen molar-refractivity contribution in [2.75, 3.05) is 13.1 Å². The first-order chi connectivity index (χ1) is 7.55. The van der Waals surface area contributed by atoms with E-state index in [0.29, 0.717) is 19.3 Å². The van der Waals surface area contributed by atoms with Gasteiger partial charge < -0.3 is 10.0 Å². The first-order valence-corrected chi connectivity index (χ1v) is 6.55. The van der Waals surface area contributed by atoms with Gasteiger partial charge in [-0.05, 0) is 26.2 Å². The molecule has 0 unspecified atom stereocenters. The smallest absolute Gasteiger partial charge is 0.222 e. The summed E-state index contributed by atoms with van der Waals surface area (Å²) in [4.78, 5) is 13.7. The number of piperidine rings is 1. The molecule has 0 aliphatic carbocycles. The molecule has 1 heterocycles. The number of unbranched alkanes of at least 4 members (excludes halogenated alkanes) is 3. The Morgan fingerprint density at radius 2 is 1.88 bits per heavy atom. The number of hydrogen-bond acceptors (Lipinski definition) is 2. The Morgan fingerprint density at radius 3 is 2.44 bits per heavy atom. The summed E-state index contributed by atoms with van der Waals surface area (Å²) < 4.78 is 0. The summed E-state index contributed by atoms with van der Waals surface area (Å²) in [6, 6.07) is 0. The van der Waals surface area contributed by atoms with E-state index in [2.05, 4.69) is 6.92 Å². The lowest BCUT2D eigenvalue weighted by atomic mass is 9.93. The highest BCUT2D eigenvalue weighted by Gasteiger charge is 2.28. The molecule has 3 nitrogen and oxygen atoms in total. The summed E-state index contributed by atoms with van der Waals surface area (Å²) in [6.45, 7) is 5.48. The SMILES string of the molecule is CCCCCCC(=O)N1CCC(C)(O)CC1.